The number of hydrogen-bond acceptors (Lipinski definition) is 3. The van der Waals surface area contributed by atoms with E-state index in [9.17, 15) is 13.2 Å². The van der Waals surface area contributed by atoms with Crippen molar-refractivity contribution in [3.05, 3.63) is 44.0 Å². The summed E-state index contributed by atoms with van der Waals surface area (Å²) in [6, 6.07) is 1.63. The number of rotatable bonds is 3. The fraction of sp³-hybridized carbons (Fsp3) is 0.167. The van der Waals surface area contributed by atoms with E-state index < -0.39 is 17.5 Å². The van der Waals surface area contributed by atoms with Gasteiger partial charge in [-0.1, -0.05) is 11.6 Å². The van der Waals surface area contributed by atoms with E-state index in [-0.39, 0.29) is 23.1 Å². The van der Waals surface area contributed by atoms with Gasteiger partial charge in [-0.25, -0.2) is 23.1 Å². The zero-order chi connectivity index (χ0) is 14.9. The third kappa shape index (κ3) is 3.04. The molecule has 0 aliphatic heterocycles. The molecule has 0 fully saturated rings. The van der Waals surface area contributed by atoms with Crippen LogP contribution in [0.2, 0.25) is 5.15 Å². The highest BCUT2D eigenvalue weighted by Gasteiger charge is 2.16. The van der Waals surface area contributed by atoms with Gasteiger partial charge in [0.2, 0.25) is 0 Å². The molecule has 0 aliphatic carbocycles. The molecule has 20 heavy (non-hydrogen) atoms. The van der Waals surface area contributed by atoms with Crippen molar-refractivity contribution in [2.24, 2.45) is 0 Å². The molecule has 0 unspecified atom stereocenters. The molecule has 1 heterocycles. The van der Waals surface area contributed by atoms with Crippen LogP contribution in [-0.4, -0.2) is 17.1 Å². The number of nitrogens with zero attached hydrogens (tertiary/aromatic N) is 2. The van der Waals surface area contributed by atoms with Crippen LogP contribution in [0.1, 0.15) is 5.69 Å². The van der Waals surface area contributed by atoms with Crippen LogP contribution in [0.15, 0.2) is 12.1 Å². The molecule has 0 bridgehead atoms. The van der Waals surface area contributed by atoms with Crippen molar-refractivity contribution in [1.82, 2.24) is 9.97 Å². The molecule has 2 aromatic rings. The average molecular weight is 415 g/mol. The lowest BCUT2D eigenvalue weighted by Gasteiger charge is -2.08. The second-order valence-electron chi connectivity index (χ2n) is 3.79. The smallest absolute Gasteiger partial charge is 0.194 e. The standard InChI is InChI=1S/C12H7ClF3IN2O/c1-20-4-8-10(17)11(13)19-12(18-8)5-2-6(14)9(16)7(15)3-5/h2-3H,4H2,1H3. The zero-order valence-corrected chi connectivity index (χ0v) is 13.0. The van der Waals surface area contributed by atoms with E-state index in [1.165, 1.54) is 7.11 Å². The quantitative estimate of drug-likeness (QED) is 0.433. The summed E-state index contributed by atoms with van der Waals surface area (Å²) in [7, 11) is 1.48. The SMILES string of the molecule is COCc1nc(-c2cc(F)c(F)c(F)c2)nc(Cl)c1I. The van der Waals surface area contributed by atoms with Crippen LogP contribution in [0.25, 0.3) is 11.4 Å². The first-order valence-corrected chi connectivity index (χ1v) is 6.75. The Labute approximate surface area is 131 Å². The molecule has 0 atom stereocenters. The summed E-state index contributed by atoms with van der Waals surface area (Å²) in [5.74, 6) is -4.17. The number of hydrogen-bond donors (Lipinski definition) is 0. The summed E-state index contributed by atoms with van der Waals surface area (Å²) < 4.78 is 44.9. The summed E-state index contributed by atoms with van der Waals surface area (Å²) in [4.78, 5) is 8.05. The van der Waals surface area contributed by atoms with Gasteiger partial charge in [-0.15, -0.1) is 0 Å². The van der Waals surface area contributed by atoms with Crippen LogP contribution in [0, 0.1) is 21.0 Å². The number of aromatic nitrogens is 2. The first kappa shape index (κ1) is 15.5. The molecule has 1 aromatic carbocycles. The Balaban J connectivity index is 2.58. The van der Waals surface area contributed by atoms with Gasteiger partial charge in [0, 0.05) is 12.7 Å². The summed E-state index contributed by atoms with van der Waals surface area (Å²) in [5, 5.41) is 0.132. The number of halogens is 5. The third-order valence-corrected chi connectivity index (χ3v) is 4.13. The Bertz CT molecular complexity index is 646. The van der Waals surface area contributed by atoms with Gasteiger partial charge in [-0.05, 0) is 34.7 Å². The van der Waals surface area contributed by atoms with Gasteiger partial charge in [-0.3, -0.25) is 0 Å². The lowest BCUT2D eigenvalue weighted by Crippen LogP contribution is -2.03. The Kier molecular flexibility index (Phi) is 4.82. The normalized spacial score (nSPS) is 10.9. The molecule has 106 valence electrons. The minimum Gasteiger partial charge on any atom is -0.378 e. The number of ether oxygens (including phenoxy) is 1. The summed E-state index contributed by atoms with van der Waals surface area (Å²) in [5.41, 5.74) is 0.477. The van der Waals surface area contributed by atoms with Crippen molar-refractivity contribution in [2.45, 2.75) is 6.61 Å². The van der Waals surface area contributed by atoms with Crippen LogP contribution < -0.4 is 0 Å². The van der Waals surface area contributed by atoms with E-state index in [0.717, 1.165) is 12.1 Å². The first-order valence-electron chi connectivity index (χ1n) is 5.29. The van der Waals surface area contributed by atoms with Gasteiger partial charge >= 0.3 is 0 Å². The molecule has 0 spiro atoms. The van der Waals surface area contributed by atoms with E-state index in [1.54, 1.807) is 0 Å². The van der Waals surface area contributed by atoms with Crippen molar-refractivity contribution in [3.63, 3.8) is 0 Å². The lowest BCUT2D eigenvalue weighted by molar-refractivity contribution is 0.181. The Hall–Kier alpha value is -0.930. The fourth-order valence-electron chi connectivity index (χ4n) is 1.51. The van der Waals surface area contributed by atoms with Gasteiger partial charge in [0.1, 0.15) is 5.15 Å². The molecule has 0 amide bonds. The Morgan fingerprint density at radius 1 is 1.20 bits per heavy atom. The maximum absolute atomic E-state index is 13.2. The Morgan fingerprint density at radius 3 is 2.35 bits per heavy atom. The summed E-state index contributed by atoms with van der Waals surface area (Å²) in [6.45, 7) is 0.166. The highest BCUT2D eigenvalue weighted by molar-refractivity contribution is 14.1. The second kappa shape index (κ2) is 6.23. The van der Waals surface area contributed by atoms with E-state index in [4.69, 9.17) is 16.3 Å². The predicted octanol–water partition coefficient (Wildman–Crippen LogP) is 3.97. The maximum atomic E-state index is 13.2. The van der Waals surface area contributed by atoms with Crippen molar-refractivity contribution in [3.8, 4) is 11.4 Å². The third-order valence-electron chi connectivity index (χ3n) is 2.40. The van der Waals surface area contributed by atoms with Crippen molar-refractivity contribution >= 4 is 34.2 Å². The molecule has 0 radical (unpaired) electrons. The molecule has 2 rings (SSSR count). The topological polar surface area (TPSA) is 35.0 Å². The molecule has 0 saturated carbocycles. The molecular weight excluding hydrogens is 407 g/mol. The highest BCUT2D eigenvalue weighted by Crippen LogP contribution is 2.26. The molecule has 0 N–H and O–H groups in total. The van der Waals surface area contributed by atoms with Gasteiger partial charge < -0.3 is 4.74 Å². The summed E-state index contributed by atoms with van der Waals surface area (Å²) in [6.07, 6.45) is 0. The fourth-order valence-corrected chi connectivity index (χ4v) is 2.10. The van der Waals surface area contributed by atoms with E-state index in [2.05, 4.69) is 9.97 Å². The monoisotopic (exact) mass is 414 g/mol. The molecule has 1 aromatic heterocycles. The number of benzene rings is 1. The average Bonchev–Trinajstić information content (AvgIpc) is 2.40. The van der Waals surface area contributed by atoms with Crippen LogP contribution in [0.5, 0.6) is 0 Å². The van der Waals surface area contributed by atoms with Crippen LogP contribution in [-0.2, 0) is 11.3 Å². The molecule has 0 aliphatic rings. The van der Waals surface area contributed by atoms with E-state index in [1.807, 2.05) is 22.6 Å². The van der Waals surface area contributed by atoms with Gasteiger partial charge in [0.05, 0.1) is 15.9 Å². The van der Waals surface area contributed by atoms with Gasteiger partial charge in [-0.2, -0.15) is 0 Å². The molecule has 3 nitrogen and oxygen atoms in total. The van der Waals surface area contributed by atoms with E-state index >= 15 is 0 Å². The number of methoxy groups -OCH3 is 1. The van der Waals surface area contributed by atoms with Gasteiger partial charge in [0.25, 0.3) is 0 Å². The minimum atomic E-state index is -1.54. The van der Waals surface area contributed by atoms with Crippen LogP contribution >= 0.6 is 34.2 Å². The lowest BCUT2D eigenvalue weighted by atomic mass is 10.2. The second-order valence-corrected chi connectivity index (χ2v) is 5.22. The first-order chi connectivity index (χ1) is 9.43. The van der Waals surface area contributed by atoms with Crippen molar-refractivity contribution in [2.75, 3.05) is 7.11 Å². The molecule has 0 saturated heterocycles. The molecule has 8 heteroatoms. The maximum Gasteiger partial charge on any atom is 0.194 e. The van der Waals surface area contributed by atoms with Crippen LogP contribution in [0.4, 0.5) is 13.2 Å². The summed E-state index contributed by atoms with van der Waals surface area (Å²) >= 11 is 7.88. The minimum absolute atomic E-state index is 0.000246. The van der Waals surface area contributed by atoms with Gasteiger partial charge in [0.15, 0.2) is 23.3 Å². The molecular formula is C12H7ClF3IN2O. The van der Waals surface area contributed by atoms with E-state index in [0.29, 0.717) is 9.26 Å². The van der Waals surface area contributed by atoms with Crippen LogP contribution in [0.3, 0.4) is 0 Å². The predicted molar refractivity (Wildman–Crippen MR) is 75.8 cm³/mol. The highest BCUT2D eigenvalue weighted by atomic mass is 127. The van der Waals surface area contributed by atoms with Crippen molar-refractivity contribution in [1.29, 1.82) is 0 Å². The largest absolute Gasteiger partial charge is 0.378 e. The van der Waals surface area contributed by atoms with Crippen molar-refractivity contribution < 1.29 is 17.9 Å². The zero-order valence-electron chi connectivity index (χ0n) is 10.1. The Morgan fingerprint density at radius 2 is 1.80 bits per heavy atom.